The van der Waals surface area contributed by atoms with E-state index in [1.165, 1.54) is 25.1 Å². The van der Waals surface area contributed by atoms with Gasteiger partial charge < -0.3 is 4.90 Å². The van der Waals surface area contributed by atoms with Crippen LogP contribution in [0.3, 0.4) is 0 Å². The van der Waals surface area contributed by atoms with Crippen LogP contribution in [0.25, 0.3) is 0 Å². The van der Waals surface area contributed by atoms with Crippen molar-refractivity contribution in [2.75, 3.05) is 42.6 Å². The first kappa shape index (κ1) is 22.3. The van der Waals surface area contributed by atoms with Crippen LogP contribution in [-0.2, 0) is 31.3 Å². The molecular formula is C20H25N3O5S2. The molecule has 1 aliphatic heterocycles. The molecule has 30 heavy (non-hydrogen) atoms. The zero-order valence-corrected chi connectivity index (χ0v) is 19.0. The fourth-order valence-corrected chi connectivity index (χ4v) is 5.30. The Kier molecular flexibility index (Phi) is 5.94. The van der Waals surface area contributed by atoms with Crippen molar-refractivity contribution in [3.8, 4) is 0 Å². The van der Waals surface area contributed by atoms with Gasteiger partial charge in [-0.15, -0.1) is 0 Å². The fourth-order valence-electron chi connectivity index (χ4n) is 3.44. The van der Waals surface area contributed by atoms with Crippen LogP contribution in [-0.4, -0.2) is 60.5 Å². The van der Waals surface area contributed by atoms with E-state index in [0.29, 0.717) is 24.3 Å². The summed E-state index contributed by atoms with van der Waals surface area (Å²) in [6, 6.07) is 11.6. The number of para-hydroxylation sites is 1. The quantitative estimate of drug-likeness (QED) is 0.665. The summed E-state index contributed by atoms with van der Waals surface area (Å²) < 4.78 is 51.7. The molecule has 0 fully saturated rings. The smallest absolute Gasteiger partial charge is 0.247 e. The second kappa shape index (κ2) is 8.01. The molecule has 1 amide bonds. The van der Waals surface area contributed by atoms with Gasteiger partial charge in [0.05, 0.1) is 16.8 Å². The van der Waals surface area contributed by atoms with Gasteiger partial charge in [-0.1, -0.05) is 18.2 Å². The Morgan fingerprint density at radius 2 is 1.73 bits per heavy atom. The normalized spacial score (nSPS) is 14.1. The monoisotopic (exact) mass is 451 g/mol. The van der Waals surface area contributed by atoms with Crippen molar-refractivity contribution in [2.45, 2.75) is 18.2 Å². The zero-order chi connectivity index (χ0) is 22.3. The molecule has 1 aliphatic rings. The Morgan fingerprint density at radius 1 is 1.07 bits per heavy atom. The van der Waals surface area contributed by atoms with Crippen molar-refractivity contribution in [3.05, 3.63) is 53.6 Å². The number of carbonyl (C=O) groups is 1. The number of sulfonamides is 2. The van der Waals surface area contributed by atoms with E-state index in [1.807, 2.05) is 0 Å². The average molecular weight is 452 g/mol. The van der Waals surface area contributed by atoms with Gasteiger partial charge in [-0.25, -0.2) is 21.1 Å². The molecule has 2 aromatic carbocycles. The van der Waals surface area contributed by atoms with Gasteiger partial charge in [-0.3, -0.25) is 9.10 Å². The lowest BCUT2D eigenvalue weighted by Crippen LogP contribution is -2.42. The number of hydrogen-bond donors (Lipinski definition) is 0. The minimum Gasteiger partial charge on any atom is -0.310 e. The van der Waals surface area contributed by atoms with Crippen LogP contribution in [0, 0.1) is 6.92 Å². The van der Waals surface area contributed by atoms with Gasteiger partial charge in [-0.05, 0) is 48.7 Å². The van der Waals surface area contributed by atoms with Gasteiger partial charge in [-0.2, -0.15) is 0 Å². The summed E-state index contributed by atoms with van der Waals surface area (Å²) >= 11 is 0. The van der Waals surface area contributed by atoms with E-state index in [4.69, 9.17) is 0 Å². The number of hydrogen-bond acceptors (Lipinski definition) is 5. The molecule has 3 rings (SSSR count). The first-order chi connectivity index (χ1) is 13.9. The van der Waals surface area contributed by atoms with Crippen molar-refractivity contribution in [1.29, 1.82) is 0 Å². The van der Waals surface area contributed by atoms with E-state index < -0.39 is 20.0 Å². The third kappa shape index (κ3) is 4.21. The van der Waals surface area contributed by atoms with Gasteiger partial charge in [0.25, 0.3) is 0 Å². The molecule has 0 aliphatic carbocycles. The number of nitrogens with zero attached hydrogens (tertiary/aromatic N) is 3. The molecule has 162 valence electrons. The van der Waals surface area contributed by atoms with Gasteiger partial charge in [0.1, 0.15) is 6.54 Å². The fraction of sp³-hybridized carbons (Fsp3) is 0.350. The van der Waals surface area contributed by atoms with Crippen molar-refractivity contribution in [3.63, 3.8) is 0 Å². The Hall–Kier alpha value is -2.43. The van der Waals surface area contributed by atoms with Crippen LogP contribution >= 0.6 is 0 Å². The van der Waals surface area contributed by atoms with E-state index in [-0.39, 0.29) is 17.3 Å². The van der Waals surface area contributed by atoms with Crippen molar-refractivity contribution in [1.82, 2.24) is 4.31 Å². The van der Waals surface area contributed by atoms with E-state index >= 15 is 0 Å². The van der Waals surface area contributed by atoms with Gasteiger partial charge >= 0.3 is 0 Å². The highest BCUT2D eigenvalue weighted by molar-refractivity contribution is 7.92. The summed E-state index contributed by atoms with van der Waals surface area (Å²) in [7, 11) is -4.33. The lowest BCUT2D eigenvalue weighted by molar-refractivity contribution is -0.117. The molecule has 1 heterocycles. The van der Waals surface area contributed by atoms with Crippen molar-refractivity contribution < 1.29 is 21.6 Å². The largest absolute Gasteiger partial charge is 0.310 e. The SMILES string of the molecule is Cc1ccccc1N(CC(=O)N1CCc2cc(S(=O)(=O)N(C)C)ccc21)S(C)(=O)=O. The number of benzene rings is 2. The van der Waals surface area contributed by atoms with Gasteiger partial charge in [0.15, 0.2) is 0 Å². The summed E-state index contributed by atoms with van der Waals surface area (Å²) in [5, 5.41) is 0. The molecule has 0 bridgehead atoms. The maximum Gasteiger partial charge on any atom is 0.247 e. The molecule has 8 nitrogen and oxygen atoms in total. The minimum absolute atomic E-state index is 0.165. The van der Waals surface area contributed by atoms with Gasteiger partial charge in [0, 0.05) is 26.3 Å². The number of fused-ring (bicyclic) bond motifs is 1. The molecule has 2 aromatic rings. The maximum absolute atomic E-state index is 13.0. The molecule has 0 N–H and O–H groups in total. The predicted molar refractivity (Wildman–Crippen MR) is 117 cm³/mol. The molecule has 0 spiro atoms. The van der Waals surface area contributed by atoms with Crippen LogP contribution < -0.4 is 9.21 Å². The highest BCUT2D eigenvalue weighted by Crippen LogP contribution is 2.31. The number of aryl methyl sites for hydroxylation is 1. The van der Waals surface area contributed by atoms with Gasteiger partial charge in [0.2, 0.25) is 26.0 Å². The third-order valence-electron chi connectivity index (χ3n) is 5.09. The van der Waals surface area contributed by atoms with Crippen LogP contribution in [0.2, 0.25) is 0 Å². The summed E-state index contributed by atoms with van der Waals surface area (Å²) in [6.07, 6.45) is 1.57. The molecule has 0 saturated carbocycles. The van der Waals surface area contributed by atoms with E-state index in [9.17, 15) is 21.6 Å². The lowest BCUT2D eigenvalue weighted by Gasteiger charge is -2.26. The lowest BCUT2D eigenvalue weighted by atomic mass is 10.2. The molecule has 0 atom stereocenters. The Labute approximate surface area is 177 Å². The second-order valence-electron chi connectivity index (χ2n) is 7.43. The van der Waals surface area contributed by atoms with Crippen molar-refractivity contribution in [2.24, 2.45) is 0 Å². The Morgan fingerprint density at radius 3 is 2.33 bits per heavy atom. The molecule has 0 unspecified atom stereocenters. The summed E-state index contributed by atoms with van der Waals surface area (Å²) in [5.41, 5.74) is 2.56. The topological polar surface area (TPSA) is 95.1 Å². The minimum atomic E-state index is -3.68. The first-order valence-electron chi connectivity index (χ1n) is 9.32. The highest BCUT2D eigenvalue weighted by atomic mass is 32.2. The average Bonchev–Trinajstić information content (AvgIpc) is 3.09. The number of amides is 1. The number of anilines is 2. The van der Waals surface area contributed by atoms with Crippen LogP contribution in [0.15, 0.2) is 47.4 Å². The van der Waals surface area contributed by atoms with Crippen molar-refractivity contribution >= 4 is 37.3 Å². The number of carbonyl (C=O) groups excluding carboxylic acids is 1. The molecular weight excluding hydrogens is 426 g/mol. The van der Waals surface area contributed by atoms with E-state index in [1.54, 1.807) is 43.3 Å². The number of rotatable bonds is 6. The first-order valence-corrected chi connectivity index (χ1v) is 12.6. The van der Waals surface area contributed by atoms with Crippen LogP contribution in [0.5, 0.6) is 0 Å². The molecule has 0 aromatic heterocycles. The third-order valence-corrected chi connectivity index (χ3v) is 8.03. The second-order valence-corrected chi connectivity index (χ2v) is 11.5. The maximum atomic E-state index is 13.0. The standard InChI is InChI=1S/C20H25N3O5S2/c1-15-7-5-6-8-18(15)23(29(4,25)26)14-20(24)22-12-11-16-13-17(9-10-19(16)22)30(27,28)21(2)3/h5-10,13H,11-12,14H2,1-4H3. The summed E-state index contributed by atoms with van der Waals surface area (Å²) in [4.78, 5) is 14.7. The Bertz CT molecular complexity index is 1190. The molecule has 0 radical (unpaired) electrons. The molecule has 0 saturated heterocycles. The summed E-state index contributed by atoms with van der Waals surface area (Å²) in [6.45, 7) is 1.82. The van der Waals surface area contributed by atoms with E-state index in [0.717, 1.165) is 26.0 Å². The zero-order valence-electron chi connectivity index (χ0n) is 17.4. The highest BCUT2D eigenvalue weighted by Gasteiger charge is 2.30. The van der Waals surface area contributed by atoms with Crippen LogP contribution in [0.4, 0.5) is 11.4 Å². The predicted octanol–water partition coefficient (Wildman–Crippen LogP) is 1.60. The summed E-state index contributed by atoms with van der Waals surface area (Å²) in [5.74, 6) is -0.370. The molecule has 10 heteroatoms. The van der Waals surface area contributed by atoms with Crippen LogP contribution in [0.1, 0.15) is 11.1 Å². The Balaban J connectivity index is 1.90. The van der Waals surface area contributed by atoms with E-state index in [2.05, 4.69) is 0 Å².